The summed E-state index contributed by atoms with van der Waals surface area (Å²) in [5.74, 6) is 0.712. The maximum Gasteiger partial charge on any atom is 0.235 e. The Morgan fingerprint density at radius 3 is 2.02 bits per heavy atom. The molecule has 1 aliphatic rings. The zero-order chi connectivity index (χ0) is 32.2. The van der Waals surface area contributed by atoms with Gasteiger partial charge in [-0.15, -0.1) is 34.0 Å². The van der Waals surface area contributed by atoms with E-state index in [4.69, 9.17) is 9.97 Å². The van der Waals surface area contributed by atoms with Crippen LogP contribution in [0, 0.1) is 0 Å². The summed E-state index contributed by atoms with van der Waals surface area (Å²) >= 11 is 5.53. The number of rotatable bonds is 2. The maximum atomic E-state index is 5.56. The largest absolute Gasteiger partial charge is 0.278 e. The van der Waals surface area contributed by atoms with Crippen LogP contribution in [0.3, 0.4) is 0 Å². The van der Waals surface area contributed by atoms with Gasteiger partial charge in [-0.25, -0.2) is 9.97 Å². The smallest absolute Gasteiger partial charge is 0.235 e. The van der Waals surface area contributed by atoms with Crippen LogP contribution < -0.4 is 0 Å². The van der Waals surface area contributed by atoms with Crippen LogP contribution in [-0.4, -0.2) is 14.5 Å². The molecule has 6 heteroatoms. The van der Waals surface area contributed by atoms with Crippen molar-refractivity contribution in [3.63, 3.8) is 0 Å². The zero-order valence-electron chi connectivity index (χ0n) is 26.2. The van der Waals surface area contributed by atoms with Crippen LogP contribution in [0.4, 0.5) is 0 Å². The van der Waals surface area contributed by atoms with E-state index in [1.165, 1.54) is 83.1 Å². The topological polar surface area (TPSA) is 30.7 Å². The molecular weight excluding hydrogens is 667 g/mol. The van der Waals surface area contributed by atoms with Crippen molar-refractivity contribution < 1.29 is 0 Å². The minimum Gasteiger partial charge on any atom is -0.278 e. The van der Waals surface area contributed by atoms with Crippen LogP contribution in [0.5, 0.6) is 0 Å². The Hall–Kier alpha value is -5.66. The van der Waals surface area contributed by atoms with Gasteiger partial charge in [0.05, 0.1) is 26.9 Å². The number of fused-ring (bicyclic) bond motifs is 7. The molecular formula is C44H21N3S3. The van der Waals surface area contributed by atoms with Crippen molar-refractivity contribution in [1.29, 1.82) is 0 Å². The number of aromatic nitrogens is 3. The van der Waals surface area contributed by atoms with Gasteiger partial charge in [0.15, 0.2) is 0 Å². The van der Waals surface area contributed by atoms with Crippen molar-refractivity contribution in [3.05, 3.63) is 127 Å². The first-order valence-corrected chi connectivity index (χ1v) is 19.2. The van der Waals surface area contributed by atoms with Gasteiger partial charge in [0.2, 0.25) is 5.95 Å². The van der Waals surface area contributed by atoms with Gasteiger partial charge in [-0.2, -0.15) is 0 Å². The SMILES string of the molecule is c1cc2c3c(c1)ccc1c3c3c4c(ccc3n1-c1nc(-c3ccc5c(c3)sc3ccccc35)c3sc5ccccc5c3n1)sc1cccc-2c14. The summed E-state index contributed by atoms with van der Waals surface area (Å²) in [6, 6.07) is 46.9. The average Bonchev–Trinajstić information content (AvgIpc) is 3.90. The Morgan fingerprint density at radius 2 is 1.12 bits per heavy atom. The molecule has 7 aromatic carbocycles. The van der Waals surface area contributed by atoms with Gasteiger partial charge in [-0.05, 0) is 64.4 Å². The Morgan fingerprint density at radius 1 is 0.440 bits per heavy atom. The van der Waals surface area contributed by atoms with Crippen molar-refractivity contribution in [1.82, 2.24) is 14.5 Å². The molecule has 0 saturated heterocycles. The van der Waals surface area contributed by atoms with E-state index in [-0.39, 0.29) is 0 Å². The standard InChI is InChI=1S/C44H21N3S3/c1-3-12-31-24(8-1)25-17-15-23(21-35(25)48-31)41-43-42(28-9-2-4-13-32(28)50-43)46-44(45-41)47-29-18-16-22-7-5-10-26-27-11-6-14-33-37(27)40-34(49-33)20-19-30(47)39(40)38(29)36(22)26/h1-21H. The van der Waals surface area contributed by atoms with E-state index in [0.717, 1.165) is 32.5 Å². The third-order valence-electron chi connectivity index (χ3n) is 10.7. The second-order valence-corrected chi connectivity index (χ2v) is 16.5. The molecule has 13 rings (SSSR count). The first-order valence-electron chi connectivity index (χ1n) is 16.7. The summed E-state index contributed by atoms with van der Waals surface area (Å²) < 4.78 is 9.93. The van der Waals surface area contributed by atoms with E-state index in [9.17, 15) is 0 Å². The highest BCUT2D eigenvalue weighted by Gasteiger charge is 2.27. The number of hydrogen-bond donors (Lipinski definition) is 0. The summed E-state index contributed by atoms with van der Waals surface area (Å²) in [5.41, 5.74) is 8.03. The highest BCUT2D eigenvalue weighted by molar-refractivity contribution is 7.27. The zero-order valence-corrected chi connectivity index (χ0v) is 28.6. The van der Waals surface area contributed by atoms with E-state index >= 15 is 0 Å². The van der Waals surface area contributed by atoms with Crippen LogP contribution in [0.2, 0.25) is 0 Å². The van der Waals surface area contributed by atoms with E-state index in [1.807, 2.05) is 22.7 Å². The van der Waals surface area contributed by atoms with Gasteiger partial charge in [-0.1, -0.05) is 84.9 Å². The number of benzene rings is 7. The monoisotopic (exact) mass is 687 g/mol. The van der Waals surface area contributed by atoms with Gasteiger partial charge in [0.25, 0.3) is 0 Å². The third-order valence-corrected chi connectivity index (χ3v) is 14.2. The van der Waals surface area contributed by atoms with Crippen molar-refractivity contribution in [3.8, 4) is 28.3 Å². The van der Waals surface area contributed by atoms with E-state index in [1.54, 1.807) is 11.3 Å². The fourth-order valence-electron chi connectivity index (χ4n) is 8.69. The van der Waals surface area contributed by atoms with Crippen LogP contribution in [0.15, 0.2) is 127 Å². The number of thiophene rings is 3. The minimum absolute atomic E-state index is 0.712. The van der Waals surface area contributed by atoms with Crippen molar-refractivity contribution in [2.45, 2.75) is 0 Å². The average molecular weight is 688 g/mol. The molecule has 0 N–H and O–H groups in total. The molecule has 1 aliphatic carbocycles. The van der Waals surface area contributed by atoms with E-state index in [0.29, 0.717) is 5.95 Å². The molecule has 5 aromatic heterocycles. The minimum atomic E-state index is 0.712. The van der Waals surface area contributed by atoms with Gasteiger partial charge < -0.3 is 0 Å². The first kappa shape index (κ1) is 26.2. The second-order valence-electron chi connectivity index (χ2n) is 13.3. The molecule has 0 spiro atoms. The van der Waals surface area contributed by atoms with E-state index in [2.05, 4.69) is 132 Å². The van der Waals surface area contributed by atoms with Gasteiger partial charge in [0, 0.05) is 66.8 Å². The first-order chi connectivity index (χ1) is 24.8. The van der Waals surface area contributed by atoms with Crippen LogP contribution in [0.25, 0.3) is 122 Å². The molecule has 0 amide bonds. The molecule has 3 nitrogen and oxygen atoms in total. The molecule has 0 bridgehead atoms. The molecule has 50 heavy (non-hydrogen) atoms. The molecule has 0 radical (unpaired) electrons. The molecule has 0 aliphatic heterocycles. The van der Waals surface area contributed by atoms with Crippen molar-refractivity contribution in [2.24, 2.45) is 0 Å². The Bertz CT molecular complexity index is 3500. The van der Waals surface area contributed by atoms with Crippen molar-refractivity contribution >= 4 is 127 Å². The lowest BCUT2D eigenvalue weighted by molar-refractivity contribution is 1.02. The molecule has 0 unspecified atom stereocenters. The predicted octanol–water partition coefficient (Wildman–Crippen LogP) is 13.5. The van der Waals surface area contributed by atoms with Crippen LogP contribution in [-0.2, 0) is 0 Å². The lowest BCUT2D eigenvalue weighted by atomic mass is 9.95. The highest BCUT2D eigenvalue weighted by Crippen LogP contribution is 2.52. The third kappa shape index (κ3) is 3.16. The molecule has 230 valence electrons. The summed E-state index contributed by atoms with van der Waals surface area (Å²) in [5, 5.41) is 11.7. The lowest BCUT2D eigenvalue weighted by Gasteiger charge is -2.12. The van der Waals surface area contributed by atoms with Gasteiger partial charge in [0.1, 0.15) is 0 Å². The quantitative estimate of drug-likeness (QED) is 0.181. The number of hydrogen-bond acceptors (Lipinski definition) is 5. The van der Waals surface area contributed by atoms with Gasteiger partial charge in [-0.3, -0.25) is 4.57 Å². The Balaban J connectivity index is 1.20. The van der Waals surface area contributed by atoms with Crippen molar-refractivity contribution in [2.75, 3.05) is 0 Å². The summed E-state index contributed by atoms with van der Waals surface area (Å²) in [7, 11) is 0. The van der Waals surface area contributed by atoms with E-state index < -0.39 is 0 Å². The normalized spacial score (nSPS) is 12.8. The summed E-state index contributed by atoms with van der Waals surface area (Å²) in [6.45, 7) is 0. The fraction of sp³-hybridized carbons (Fsp3) is 0. The Kier molecular flexibility index (Phi) is 4.78. The molecule has 0 saturated carbocycles. The Labute approximate surface area is 295 Å². The fourth-order valence-corrected chi connectivity index (χ4v) is 12.1. The molecule has 0 fully saturated rings. The second kappa shape index (κ2) is 9.11. The maximum absolute atomic E-state index is 5.56. The predicted molar refractivity (Wildman–Crippen MR) is 217 cm³/mol. The van der Waals surface area contributed by atoms with Gasteiger partial charge >= 0.3 is 0 Å². The van der Waals surface area contributed by atoms with Crippen LogP contribution >= 0.6 is 34.0 Å². The summed E-state index contributed by atoms with van der Waals surface area (Å²) in [6.07, 6.45) is 0. The summed E-state index contributed by atoms with van der Waals surface area (Å²) in [4.78, 5) is 11.0. The van der Waals surface area contributed by atoms with Crippen LogP contribution in [0.1, 0.15) is 0 Å². The molecule has 5 heterocycles. The number of nitrogens with zero attached hydrogens (tertiary/aromatic N) is 3. The lowest BCUT2D eigenvalue weighted by Crippen LogP contribution is -2.02. The molecule has 0 atom stereocenters. The molecule has 12 aromatic rings. The highest BCUT2D eigenvalue weighted by atomic mass is 32.1.